The highest BCUT2D eigenvalue weighted by atomic mass is 16.4. The Kier molecular flexibility index (Phi) is 5.57. The smallest absolute Gasteiger partial charge is 0.311 e. The van der Waals surface area contributed by atoms with Gasteiger partial charge in [-0.3, -0.25) is 4.79 Å². The van der Waals surface area contributed by atoms with Gasteiger partial charge in [-0.25, -0.2) is 0 Å². The average molecular weight is 347 g/mol. The predicted octanol–water partition coefficient (Wildman–Crippen LogP) is 5.10. The minimum absolute atomic E-state index is 0.488. The van der Waals surface area contributed by atoms with E-state index < -0.39 is 11.9 Å². The van der Waals surface area contributed by atoms with Gasteiger partial charge in [0.1, 0.15) is 0 Å². The Labute approximate surface area is 154 Å². The molecule has 1 N–H and O–H groups in total. The van der Waals surface area contributed by atoms with Crippen molar-refractivity contribution in [3.8, 4) is 0 Å². The maximum Gasteiger partial charge on any atom is 0.311 e. The lowest BCUT2D eigenvalue weighted by atomic mass is 9.88. The van der Waals surface area contributed by atoms with Gasteiger partial charge >= 0.3 is 5.97 Å². The Hall–Kier alpha value is -2.81. The first-order valence-electron chi connectivity index (χ1n) is 9.18. The molecule has 134 valence electrons. The number of fused-ring (bicyclic) bond motifs is 1. The van der Waals surface area contributed by atoms with Gasteiger partial charge in [-0.1, -0.05) is 54.6 Å². The Bertz CT molecular complexity index is 877. The minimum Gasteiger partial charge on any atom is -0.481 e. The molecule has 0 heterocycles. The lowest BCUT2D eigenvalue weighted by Gasteiger charge is -2.21. The summed E-state index contributed by atoms with van der Waals surface area (Å²) >= 11 is 0. The van der Waals surface area contributed by atoms with E-state index in [9.17, 15) is 9.90 Å². The van der Waals surface area contributed by atoms with Gasteiger partial charge in [-0.15, -0.1) is 0 Å². The number of anilines is 1. The van der Waals surface area contributed by atoms with Crippen molar-refractivity contribution in [2.75, 3.05) is 18.0 Å². The normalized spacial score (nSPS) is 12.1. The van der Waals surface area contributed by atoms with Crippen LogP contribution >= 0.6 is 0 Å². The monoisotopic (exact) mass is 347 g/mol. The first kappa shape index (κ1) is 18.0. The first-order valence-corrected chi connectivity index (χ1v) is 9.18. The fourth-order valence-electron chi connectivity index (χ4n) is 3.55. The standard InChI is InChI=1S/C23H25NO2/c1-3-24(4-2)19-14-12-17(13-15-19)16-22(23(25)26)21-11-7-9-18-8-5-6-10-20(18)21/h5-15,22H,3-4,16H2,1-2H3,(H,25,26). The summed E-state index contributed by atoms with van der Waals surface area (Å²) in [7, 11) is 0. The molecule has 26 heavy (non-hydrogen) atoms. The molecule has 0 spiro atoms. The molecule has 0 saturated carbocycles. The molecule has 3 rings (SSSR count). The molecule has 0 aliphatic rings. The third-order valence-electron chi connectivity index (χ3n) is 5.00. The van der Waals surface area contributed by atoms with Crippen LogP contribution in [0.2, 0.25) is 0 Å². The van der Waals surface area contributed by atoms with Crippen molar-refractivity contribution in [3.63, 3.8) is 0 Å². The molecule has 3 nitrogen and oxygen atoms in total. The summed E-state index contributed by atoms with van der Waals surface area (Å²) in [4.78, 5) is 14.3. The van der Waals surface area contributed by atoms with Gasteiger partial charge in [-0.05, 0) is 54.3 Å². The number of aliphatic carboxylic acids is 1. The second-order valence-corrected chi connectivity index (χ2v) is 6.50. The van der Waals surface area contributed by atoms with Crippen LogP contribution in [0.3, 0.4) is 0 Å². The maximum absolute atomic E-state index is 12.0. The van der Waals surface area contributed by atoms with E-state index in [4.69, 9.17) is 0 Å². The van der Waals surface area contributed by atoms with Crippen LogP contribution in [0, 0.1) is 0 Å². The second-order valence-electron chi connectivity index (χ2n) is 6.50. The van der Waals surface area contributed by atoms with E-state index in [2.05, 4.69) is 43.0 Å². The number of carboxylic acid groups (broad SMARTS) is 1. The molecular formula is C23H25NO2. The summed E-state index contributed by atoms with van der Waals surface area (Å²) < 4.78 is 0. The van der Waals surface area contributed by atoms with Gasteiger partial charge in [0.2, 0.25) is 0 Å². The number of carboxylic acids is 1. The quantitative estimate of drug-likeness (QED) is 0.646. The molecular weight excluding hydrogens is 322 g/mol. The van der Waals surface area contributed by atoms with Gasteiger partial charge in [0.05, 0.1) is 5.92 Å². The van der Waals surface area contributed by atoms with Gasteiger partial charge in [0.15, 0.2) is 0 Å². The Morgan fingerprint density at radius 1 is 0.923 bits per heavy atom. The Morgan fingerprint density at radius 3 is 2.23 bits per heavy atom. The van der Waals surface area contributed by atoms with Gasteiger partial charge in [0.25, 0.3) is 0 Å². The average Bonchev–Trinajstić information content (AvgIpc) is 2.67. The lowest BCUT2D eigenvalue weighted by molar-refractivity contribution is -0.138. The molecule has 1 unspecified atom stereocenters. The zero-order valence-electron chi connectivity index (χ0n) is 15.4. The SMILES string of the molecule is CCN(CC)c1ccc(CC(C(=O)O)c2cccc3ccccc23)cc1. The fraction of sp³-hybridized carbons (Fsp3) is 0.261. The molecule has 3 aromatic rings. The van der Waals surface area contributed by atoms with Crippen molar-refractivity contribution < 1.29 is 9.90 Å². The van der Waals surface area contributed by atoms with Crippen LogP contribution in [0.4, 0.5) is 5.69 Å². The molecule has 0 radical (unpaired) electrons. The van der Waals surface area contributed by atoms with Crippen LogP contribution in [-0.2, 0) is 11.2 Å². The van der Waals surface area contributed by atoms with E-state index in [-0.39, 0.29) is 0 Å². The molecule has 3 heteroatoms. The summed E-state index contributed by atoms with van der Waals surface area (Å²) in [5, 5.41) is 12.0. The fourth-order valence-corrected chi connectivity index (χ4v) is 3.55. The largest absolute Gasteiger partial charge is 0.481 e. The third kappa shape index (κ3) is 3.72. The molecule has 0 saturated heterocycles. The van der Waals surface area contributed by atoms with Crippen molar-refractivity contribution in [3.05, 3.63) is 77.9 Å². The van der Waals surface area contributed by atoms with Crippen LogP contribution in [0.25, 0.3) is 10.8 Å². The summed E-state index contributed by atoms with van der Waals surface area (Å²) in [6, 6.07) is 22.1. The highest BCUT2D eigenvalue weighted by Gasteiger charge is 2.22. The number of hydrogen-bond donors (Lipinski definition) is 1. The van der Waals surface area contributed by atoms with Crippen molar-refractivity contribution in [2.45, 2.75) is 26.2 Å². The number of nitrogens with zero attached hydrogens (tertiary/aromatic N) is 1. The number of hydrogen-bond acceptors (Lipinski definition) is 2. The van der Waals surface area contributed by atoms with E-state index in [1.54, 1.807) is 0 Å². The maximum atomic E-state index is 12.0. The minimum atomic E-state index is -0.783. The highest BCUT2D eigenvalue weighted by molar-refractivity contribution is 5.90. The third-order valence-corrected chi connectivity index (χ3v) is 5.00. The molecule has 0 aliphatic carbocycles. The van der Waals surface area contributed by atoms with Crippen LogP contribution in [0.5, 0.6) is 0 Å². The zero-order chi connectivity index (χ0) is 18.5. The van der Waals surface area contributed by atoms with E-state index in [0.717, 1.165) is 35.0 Å². The molecule has 1 atom stereocenters. The Morgan fingerprint density at radius 2 is 1.58 bits per heavy atom. The van der Waals surface area contributed by atoms with Gasteiger partial charge < -0.3 is 10.0 Å². The van der Waals surface area contributed by atoms with Gasteiger partial charge in [-0.2, -0.15) is 0 Å². The van der Waals surface area contributed by atoms with Crippen molar-refractivity contribution in [1.29, 1.82) is 0 Å². The molecule has 3 aromatic carbocycles. The summed E-state index contributed by atoms with van der Waals surface area (Å²) in [6.45, 7) is 6.20. The molecule has 0 aliphatic heterocycles. The van der Waals surface area contributed by atoms with Crippen molar-refractivity contribution in [1.82, 2.24) is 0 Å². The van der Waals surface area contributed by atoms with Crippen LogP contribution < -0.4 is 4.90 Å². The topological polar surface area (TPSA) is 40.5 Å². The van der Waals surface area contributed by atoms with Gasteiger partial charge in [0, 0.05) is 18.8 Å². The predicted molar refractivity (Wildman–Crippen MR) is 108 cm³/mol. The lowest BCUT2D eigenvalue weighted by Crippen LogP contribution is -2.21. The van der Waals surface area contributed by atoms with E-state index in [1.165, 1.54) is 5.69 Å². The summed E-state index contributed by atoms with van der Waals surface area (Å²) in [5.41, 5.74) is 3.10. The van der Waals surface area contributed by atoms with E-state index in [1.807, 2.05) is 42.5 Å². The second kappa shape index (κ2) is 8.05. The van der Waals surface area contributed by atoms with E-state index in [0.29, 0.717) is 6.42 Å². The van der Waals surface area contributed by atoms with Crippen molar-refractivity contribution >= 4 is 22.4 Å². The van der Waals surface area contributed by atoms with Crippen molar-refractivity contribution in [2.24, 2.45) is 0 Å². The number of benzene rings is 3. The number of carbonyl (C=O) groups is 1. The molecule has 0 bridgehead atoms. The summed E-state index contributed by atoms with van der Waals surface area (Å²) in [6.07, 6.45) is 0.488. The molecule has 0 amide bonds. The number of rotatable bonds is 7. The molecule has 0 fully saturated rings. The zero-order valence-corrected chi connectivity index (χ0v) is 15.4. The highest BCUT2D eigenvalue weighted by Crippen LogP contribution is 2.29. The van der Waals surface area contributed by atoms with E-state index >= 15 is 0 Å². The van der Waals surface area contributed by atoms with Crippen LogP contribution in [0.1, 0.15) is 30.9 Å². The van der Waals surface area contributed by atoms with Crippen LogP contribution in [-0.4, -0.2) is 24.2 Å². The first-order chi connectivity index (χ1) is 12.6. The summed E-state index contributed by atoms with van der Waals surface area (Å²) in [5.74, 6) is -1.34. The Balaban J connectivity index is 1.91. The van der Waals surface area contributed by atoms with Crippen LogP contribution in [0.15, 0.2) is 66.7 Å². The molecule has 0 aromatic heterocycles.